The van der Waals surface area contributed by atoms with E-state index < -0.39 is 0 Å². The number of carbonyl (C=O) groups is 1. The highest BCUT2D eigenvalue weighted by Crippen LogP contribution is 2.31. The summed E-state index contributed by atoms with van der Waals surface area (Å²) in [4.78, 5) is 20.0. The fourth-order valence-corrected chi connectivity index (χ4v) is 4.14. The lowest BCUT2D eigenvalue weighted by molar-refractivity contribution is 0.0954. The number of benzene rings is 1. The first-order chi connectivity index (χ1) is 13.8. The zero-order valence-corrected chi connectivity index (χ0v) is 15.7. The Balaban J connectivity index is 1.34. The lowest BCUT2D eigenvalue weighted by Crippen LogP contribution is -2.25. The number of hydrogen-bond acceptors (Lipinski definition) is 4. The normalized spacial score (nSPS) is 11.3. The Morgan fingerprint density at radius 1 is 1.14 bits per heavy atom. The second-order valence-electron chi connectivity index (χ2n) is 6.59. The van der Waals surface area contributed by atoms with E-state index in [4.69, 9.17) is 0 Å². The van der Waals surface area contributed by atoms with E-state index in [1.165, 1.54) is 0 Å². The number of aromatic nitrogens is 4. The summed E-state index contributed by atoms with van der Waals surface area (Å²) >= 11 is 1.66. The van der Waals surface area contributed by atoms with Gasteiger partial charge in [-0.3, -0.25) is 14.9 Å². The molecule has 0 radical (unpaired) electrons. The van der Waals surface area contributed by atoms with Gasteiger partial charge in [0.05, 0.1) is 15.9 Å². The van der Waals surface area contributed by atoms with E-state index in [-0.39, 0.29) is 5.91 Å². The summed E-state index contributed by atoms with van der Waals surface area (Å²) in [5, 5.41) is 13.5. The Kier molecular flexibility index (Phi) is 4.14. The van der Waals surface area contributed by atoms with Crippen LogP contribution < -0.4 is 5.32 Å². The van der Waals surface area contributed by atoms with Crippen molar-refractivity contribution in [3.05, 3.63) is 71.4 Å². The van der Waals surface area contributed by atoms with Crippen LogP contribution in [0.1, 0.15) is 15.9 Å². The molecule has 0 fully saturated rings. The van der Waals surface area contributed by atoms with Gasteiger partial charge in [-0.05, 0) is 47.7 Å². The molecule has 0 spiro atoms. The van der Waals surface area contributed by atoms with Crippen molar-refractivity contribution < 1.29 is 4.79 Å². The van der Waals surface area contributed by atoms with E-state index in [1.54, 1.807) is 17.5 Å². The Labute approximate surface area is 164 Å². The van der Waals surface area contributed by atoms with Crippen LogP contribution in [0.2, 0.25) is 0 Å². The van der Waals surface area contributed by atoms with E-state index in [2.05, 4.69) is 31.5 Å². The molecule has 138 valence electrons. The largest absolute Gasteiger partial charge is 0.353 e. The molecule has 1 amide bonds. The van der Waals surface area contributed by atoms with Crippen molar-refractivity contribution >= 4 is 38.4 Å². The van der Waals surface area contributed by atoms with Crippen LogP contribution >= 0.6 is 11.3 Å². The fraction of sp³-hybridized carbons (Fsp3) is 0.0952. The van der Waals surface area contributed by atoms with Crippen molar-refractivity contribution in [1.29, 1.82) is 0 Å². The Morgan fingerprint density at radius 2 is 2.11 bits per heavy atom. The molecular weight excluding hydrogens is 370 g/mol. The lowest BCUT2D eigenvalue weighted by atomic mass is 10.1. The average molecular weight is 387 g/mol. The molecule has 4 heterocycles. The van der Waals surface area contributed by atoms with Gasteiger partial charge in [-0.25, -0.2) is 0 Å². The standard InChI is InChI=1S/C21H17N5OS/c27-21(23-8-5-13-2-1-7-22-12-13)15-4-3-14-10-18(24-17(14)11-15)19-20-16(25-26-19)6-9-28-20/h1-4,6-7,9-12,24H,5,8H2,(H,23,27)(H,25,26). The second-order valence-corrected chi connectivity index (χ2v) is 7.50. The SMILES string of the molecule is O=C(NCCc1cccnc1)c1ccc2cc(-c3n[nH]c4ccsc34)[nH]c2c1. The predicted molar refractivity (Wildman–Crippen MR) is 112 cm³/mol. The molecule has 1 aromatic carbocycles. The number of nitrogens with one attached hydrogen (secondary N) is 3. The maximum absolute atomic E-state index is 12.5. The van der Waals surface area contributed by atoms with Gasteiger partial charge in [-0.2, -0.15) is 5.10 Å². The van der Waals surface area contributed by atoms with Crippen molar-refractivity contribution in [2.75, 3.05) is 6.54 Å². The van der Waals surface area contributed by atoms with Gasteiger partial charge >= 0.3 is 0 Å². The van der Waals surface area contributed by atoms with Gasteiger partial charge in [0, 0.05) is 35.4 Å². The van der Waals surface area contributed by atoms with Crippen LogP contribution in [0, 0.1) is 0 Å². The van der Waals surface area contributed by atoms with Crippen LogP contribution in [0.15, 0.2) is 60.2 Å². The molecule has 7 heteroatoms. The van der Waals surface area contributed by atoms with E-state index >= 15 is 0 Å². The highest BCUT2D eigenvalue weighted by atomic mass is 32.1. The Bertz CT molecular complexity index is 1270. The molecule has 0 unspecified atom stereocenters. The molecule has 3 N–H and O–H groups in total. The lowest BCUT2D eigenvalue weighted by Gasteiger charge is -2.05. The number of fused-ring (bicyclic) bond motifs is 2. The summed E-state index contributed by atoms with van der Waals surface area (Å²) in [5.41, 5.74) is 5.54. The van der Waals surface area contributed by atoms with E-state index in [0.717, 1.165) is 44.5 Å². The minimum absolute atomic E-state index is 0.0812. The van der Waals surface area contributed by atoms with Crippen LogP contribution in [0.4, 0.5) is 0 Å². The summed E-state index contributed by atoms with van der Waals surface area (Å²) in [5.74, 6) is -0.0812. The molecule has 0 aliphatic carbocycles. The first kappa shape index (κ1) is 16.7. The monoisotopic (exact) mass is 387 g/mol. The van der Waals surface area contributed by atoms with E-state index in [0.29, 0.717) is 12.1 Å². The van der Waals surface area contributed by atoms with Crippen LogP contribution in [0.25, 0.3) is 32.5 Å². The summed E-state index contributed by atoms with van der Waals surface area (Å²) < 4.78 is 1.12. The number of amides is 1. The zero-order chi connectivity index (χ0) is 18.9. The third-order valence-corrected chi connectivity index (χ3v) is 5.65. The molecule has 6 nitrogen and oxygen atoms in total. The van der Waals surface area contributed by atoms with Crippen molar-refractivity contribution in [3.63, 3.8) is 0 Å². The van der Waals surface area contributed by atoms with Crippen LogP contribution in [-0.2, 0) is 6.42 Å². The molecule has 0 atom stereocenters. The molecule has 0 saturated heterocycles. The average Bonchev–Trinajstić information content (AvgIpc) is 3.43. The number of nitrogens with zero attached hydrogens (tertiary/aromatic N) is 2. The van der Waals surface area contributed by atoms with E-state index in [9.17, 15) is 4.79 Å². The van der Waals surface area contributed by atoms with Gasteiger partial charge in [0.15, 0.2) is 0 Å². The van der Waals surface area contributed by atoms with Crippen molar-refractivity contribution in [2.24, 2.45) is 0 Å². The number of hydrogen-bond donors (Lipinski definition) is 3. The number of thiophene rings is 1. The van der Waals surface area contributed by atoms with Crippen molar-refractivity contribution in [1.82, 2.24) is 25.5 Å². The topological polar surface area (TPSA) is 86.5 Å². The van der Waals surface area contributed by atoms with Gasteiger partial charge in [0.1, 0.15) is 5.69 Å². The summed E-state index contributed by atoms with van der Waals surface area (Å²) in [6.07, 6.45) is 4.32. The maximum atomic E-state index is 12.5. The fourth-order valence-electron chi connectivity index (χ4n) is 3.29. The molecule has 28 heavy (non-hydrogen) atoms. The van der Waals surface area contributed by atoms with E-state index in [1.807, 2.05) is 48.0 Å². The molecule has 0 saturated carbocycles. The smallest absolute Gasteiger partial charge is 0.251 e. The van der Waals surface area contributed by atoms with Crippen LogP contribution in [0.3, 0.4) is 0 Å². The van der Waals surface area contributed by atoms with Gasteiger partial charge in [-0.15, -0.1) is 11.3 Å². The third-order valence-electron chi connectivity index (χ3n) is 4.73. The predicted octanol–water partition coefficient (Wildman–Crippen LogP) is 4.14. The van der Waals surface area contributed by atoms with Gasteiger partial charge in [-0.1, -0.05) is 12.1 Å². The summed E-state index contributed by atoms with van der Waals surface area (Å²) in [7, 11) is 0. The minimum atomic E-state index is -0.0812. The molecule has 5 rings (SSSR count). The zero-order valence-electron chi connectivity index (χ0n) is 14.9. The first-order valence-electron chi connectivity index (χ1n) is 9.00. The molecule has 4 aromatic heterocycles. The van der Waals surface area contributed by atoms with Crippen LogP contribution in [-0.4, -0.2) is 32.6 Å². The number of H-pyrrole nitrogens is 2. The van der Waals surface area contributed by atoms with Crippen molar-refractivity contribution in [2.45, 2.75) is 6.42 Å². The Morgan fingerprint density at radius 3 is 3.00 bits per heavy atom. The molecule has 0 aliphatic heterocycles. The Hall–Kier alpha value is -3.45. The molecule has 5 aromatic rings. The number of pyridine rings is 1. The highest BCUT2D eigenvalue weighted by Gasteiger charge is 2.13. The number of carbonyl (C=O) groups excluding carboxylic acids is 1. The summed E-state index contributed by atoms with van der Waals surface area (Å²) in [6, 6.07) is 13.7. The number of rotatable bonds is 5. The third kappa shape index (κ3) is 3.05. The first-order valence-corrected chi connectivity index (χ1v) is 9.88. The maximum Gasteiger partial charge on any atom is 0.251 e. The van der Waals surface area contributed by atoms with Gasteiger partial charge in [0.25, 0.3) is 5.91 Å². The second kappa shape index (κ2) is 6.94. The molecule has 0 bridgehead atoms. The molecule has 0 aliphatic rings. The summed E-state index contributed by atoms with van der Waals surface area (Å²) in [6.45, 7) is 0.572. The quantitative estimate of drug-likeness (QED) is 0.424. The minimum Gasteiger partial charge on any atom is -0.353 e. The number of aromatic amines is 2. The van der Waals surface area contributed by atoms with Gasteiger partial charge in [0.2, 0.25) is 0 Å². The highest BCUT2D eigenvalue weighted by molar-refractivity contribution is 7.17. The van der Waals surface area contributed by atoms with Crippen molar-refractivity contribution in [3.8, 4) is 11.4 Å². The van der Waals surface area contributed by atoms with Crippen LogP contribution in [0.5, 0.6) is 0 Å². The molecular formula is C21H17N5OS. The van der Waals surface area contributed by atoms with Gasteiger partial charge < -0.3 is 10.3 Å².